The van der Waals surface area contributed by atoms with Crippen LogP contribution in [0.1, 0.15) is 30.1 Å². The molecule has 1 aromatic carbocycles. The lowest BCUT2D eigenvalue weighted by Crippen LogP contribution is -2.23. The molecule has 1 aliphatic rings. The third kappa shape index (κ3) is 2.23. The fraction of sp³-hybridized carbons (Fsp3) is 0.500. The molecule has 0 bridgehead atoms. The standard InChI is InChI=1S/C12H14F2O2/c1-7-4-8(5-10(13)12(7)14)11-6-9(15)2-3-16-11/h4-5,9,11,15H,2-3,6H2,1H3. The summed E-state index contributed by atoms with van der Waals surface area (Å²) in [7, 11) is 0. The summed E-state index contributed by atoms with van der Waals surface area (Å²) in [5.41, 5.74) is 0.855. The molecular formula is C12H14F2O2. The van der Waals surface area contributed by atoms with Gasteiger partial charge in [0.1, 0.15) is 0 Å². The average Bonchev–Trinajstić information content (AvgIpc) is 2.25. The first-order valence-corrected chi connectivity index (χ1v) is 5.33. The molecule has 4 heteroatoms. The molecule has 1 heterocycles. The Kier molecular flexibility index (Phi) is 3.21. The summed E-state index contributed by atoms with van der Waals surface area (Å²) in [6.07, 6.45) is 0.272. The number of ether oxygens (including phenoxy) is 1. The van der Waals surface area contributed by atoms with Crippen LogP contribution < -0.4 is 0 Å². The molecule has 2 nitrogen and oxygen atoms in total. The summed E-state index contributed by atoms with van der Waals surface area (Å²) >= 11 is 0. The Morgan fingerprint density at radius 1 is 1.38 bits per heavy atom. The Hall–Kier alpha value is -1.00. The Morgan fingerprint density at radius 2 is 2.12 bits per heavy atom. The van der Waals surface area contributed by atoms with Gasteiger partial charge in [-0.25, -0.2) is 8.78 Å². The number of hydrogen-bond acceptors (Lipinski definition) is 2. The summed E-state index contributed by atoms with van der Waals surface area (Å²) in [5, 5.41) is 9.49. The van der Waals surface area contributed by atoms with E-state index in [9.17, 15) is 13.9 Å². The second-order valence-corrected chi connectivity index (χ2v) is 4.17. The molecule has 1 saturated heterocycles. The van der Waals surface area contributed by atoms with E-state index in [1.165, 1.54) is 6.92 Å². The molecular weight excluding hydrogens is 214 g/mol. The highest BCUT2D eigenvalue weighted by molar-refractivity contribution is 5.27. The summed E-state index contributed by atoms with van der Waals surface area (Å²) in [6.45, 7) is 1.96. The first-order chi connectivity index (χ1) is 7.58. The van der Waals surface area contributed by atoms with Gasteiger partial charge in [0.05, 0.1) is 12.2 Å². The van der Waals surface area contributed by atoms with Crippen LogP contribution in [0.25, 0.3) is 0 Å². The number of aliphatic hydroxyl groups excluding tert-OH is 1. The van der Waals surface area contributed by atoms with Crippen LogP contribution in [0.15, 0.2) is 12.1 Å². The van der Waals surface area contributed by atoms with Crippen molar-refractivity contribution in [3.8, 4) is 0 Å². The molecule has 88 valence electrons. The van der Waals surface area contributed by atoms with E-state index in [0.717, 1.165) is 6.07 Å². The Labute approximate surface area is 92.9 Å². The molecule has 2 unspecified atom stereocenters. The lowest BCUT2D eigenvalue weighted by molar-refractivity contribution is -0.0449. The topological polar surface area (TPSA) is 29.5 Å². The van der Waals surface area contributed by atoms with Crippen LogP contribution in [0.4, 0.5) is 8.78 Å². The van der Waals surface area contributed by atoms with E-state index in [-0.39, 0.29) is 11.7 Å². The number of rotatable bonds is 1. The molecule has 1 fully saturated rings. The Bertz CT molecular complexity index is 370. The predicted octanol–water partition coefficient (Wildman–Crippen LogP) is 2.49. The van der Waals surface area contributed by atoms with Crippen molar-refractivity contribution in [3.63, 3.8) is 0 Å². The average molecular weight is 228 g/mol. The first kappa shape index (κ1) is 11.5. The van der Waals surface area contributed by atoms with Gasteiger partial charge in [0.15, 0.2) is 11.6 Å². The maximum Gasteiger partial charge on any atom is 0.161 e. The van der Waals surface area contributed by atoms with Crippen LogP contribution in [-0.2, 0) is 4.74 Å². The van der Waals surface area contributed by atoms with Gasteiger partial charge in [-0.05, 0) is 30.5 Å². The van der Waals surface area contributed by atoms with E-state index in [2.05, 4.69) is 0 Å². The van der Waals surface area contributed by atoms with Crippen molar-refractivity contribution in [2.24, 2.45) is 0 Å². The molecule has 1 N–H and O–H groups in total. The largest absolute Gasteiger partial charge is 0.393 e. The number of aliphatic hydroxyl groups is 1. The highest BCUT2D eigenvalue weighted by Crippen LogP contribution is 2.29. The van der Waals surface area contributed by atoms with Crippen LogP contribution in [0.2, 0.25) is 0 Å². The van der Waals surface area contributed by atoms with E-state index < -0.39 is 17.7 Å². The molecule has 2 rings (SSSR count). The SMILES string of the molecule is Cc1cc(C2CC(O)CCO2)cc(F)c1F. The minimum Gasteiger partial charge on any atom is -0.393 e. The predicted molar refractivity (Wildman–Crippen MR) is 55.0 cm³/mol. The van der Waals surface area contributed by atoms with Gasteiger partial charge in [-0.3, -0.25) is 0 Å². The summed E-state index contributed by atoms with van der Waals surface area (Å²) in [5.74, 6) is -1.68. The lowest BCUT2D eigenvalue weighted by Gasteiger charge is -2.27. The van der Waals surface area contributed by atoms with Gasteiger partial charge in [0, 0.05) is 13.0 Å². The minimum absolute atomic E-state index is 0.263. The highest BCUT2D eigenvalue weighted by atomic mass is 19.2. The van der Waals surface area contributed by atoms with Crippen LogP contribution in [-0.4, -0.2) is 17.8 Å². The van der Waals surface area contributed by atoms with Gasteiger partial charge in [0.25, 0.3) is 0 Å². The maximum absolute atomic E-state index is 13.2. The normalized spacial score (nSPS) is 25.8. The monoisotopic (exact) mass is 228 g/mol. The fourth-order valence-electron chi connectivity index (χ4n) is 1.95. The van der Waals surface area contributed by atoms with Crippen molar-refractivity contribution in [1.29, 1.82) is 0 Å². The Morgan fingerprint density at radius 3 is 2.75 bits per heavy atom. The van der Waals surface area contributed by atoms with Crippen molar-refractivity contribution in [1.82, 2.24) is 0 Å². The third-order valence-corrected chi connectivity index (χ3v) is 2.86. The number of benzene rings is 1. The van der Waals surface area contributed by atoms with Crippen molar-refractivity contribution < 1.29 is 18.6 Å². The van der Waals surface area contributed by atoms with Gasteiger partial charge in [-0.1, -0.05) is 6.07 Å². The van der Waals surface area contributed by atoms with Crippen molar-refractivity contribution >= 4 is 0 Å². The Balaban J connectivity index is 2.26. The second kappa shape index (κ2) is 4.47. The molecule has 1 aliphatic heterocycles. The van der Waals surface area contributed by atoms with Gasteiger partial charge in [-0.2, -0.15) is 0 Å². The third-order valence-electron chi connectivity index (χ3n) is 2.86. The molecule has 2 atom stereocenters. The maximum atomic E-state index is 13.2. The van der Waals surface area contributed by atoms with Gasteiger partial charge >= 0.3 is 0 Å². The van der Waals surface area contributed by atoms with E-state index in [0.29, 0.717) is 25.0 Å². The second-order valence-electron chi connectivity index (χ2n) is 4.17. The molecule has 0 aliphatic carbocycles. The molecule has 0 amide bonds. The first-order valence-electron chi connectivity index (χ1n) is 5.33. The number of aryl methyl sites for hydroxylation is 1. The van der Waals surface area contributed by atoms with Gasteiger partial charge in [0.2, 0.25) is 0 Å². The summed E-state index contributed by atoms with van der Waals surface area (Å²) < 4.78 is 31.7. The lowest BCUT2D eigenvalue weighted by atomic mass is 9.98. The van der Waals surface area contributed by atoms with E-state index in [4.69, 9.17) is 4.74 Å². The quantitative estimate of drug-likeness (QED) is 0.800. The molecule has 0 aromatic heterocycles. The highest BCUT2D eigenvalue weighted by Gasteiger charge is 2.23. The minimum atomic E-state index is -0.862. The van der Waals surface area contributed by atoms with Crippen molar-refractivity contribution in [3.05, 3.63) is 34.9 Å². The van der Waals surface area contributed by atoms with Crippen molar-refractivity contribution in [2.45, 2.75) is 32.0 Å². The zero-order valence-corrected chi connectivity index (χ0v) is 9.04. The van der Waals surface area contributed by atoms with Crippen LogP contribution in [0.5, 0.6) is 0 Å². The molecule has 1 aromatic rings. The number of halogens is 2. The van der Waals surface area contributed by atoms with E-state index in [1.807, 2.05) is 0 Å². The van der Waals surface area contributed by atoms with E-state index >= 15 is 0 Å². The van der Waals surface area contributed by atoms with Gasteiger partial charge < -0.3 is 9.84 Å². The van der Waals surface area contributed by atoms with Gasteiger partial charge in [-0.15, -0.1) is 0 Å². The van der Waals surface area contributed by atoms with Crippen LogP contribution in [0.3, 0.4) is 0 Å². The van der Waals surface area contributed by atoms with Crippen LogP contribution >= 0.6 is 0 Å². The molecule has 0 radical (unpaired) electrons. The smallest absolute Gasteiger partial charge is 0.161 e. The van der Waals surface area contributed by atoms with E-state index in [1.54, 1.807) is 6.07 Å². The molecule has 16 heavy (non-hydrogen) atoms. The zero-order chi connectivity index (χ0) is 11.7. The summed E-state index contributed by atoms with van der Waals surface area (Å²) in [4.78, 5) is 0. The molecule has 0 spiro atoms. The van der Waals surface area contributed by atoms with Crippen LogP contribution in [0, 0.1) is 18.6 Å². The molecule has 0 saturated carbocycles. The fourth-order valence-corrected chi connectivity index (χ4v) is 1.95. The zero-order valence-electron chi connectivity index (χ0n) is 9.04. The van der Waals surface area contributed by atoms with Crippen molar-refractivity contribution in [2.75, 3.05) is 6.61 Å². The number of hydrogen-bond donors (Lipinski definition) is 1. The summed E-state index contributed by atoms with van der Waals surface area (Å²) in [6, 6.07) is 2.71.